The first-order valence-corrected chi connectivity index (χ1v) is 9.38. The Morgan fingerprint density at radius 3 is 2.65 bits per heavy atom. The van der Waals surface area contributed by atoms with Gasteiger partial charge in [-0.2, -0.15) is 0 Å². The molecule has 0 bridgehead atoms. The van der Waals surface area contributed by atoms with E-state index in [9.17, 15) is 4.79 Å². The summed E-state index contributed by atoms with van der Waals surface area (Å²) in [5.74, 6) is 6.50. The van der Waals surface area contributed by atoms with Crippen LogP contribution < -0.4 is 11.2 Å². The van der Waals surface area contributed by atoms with Crippen LogP contribution in [-0.4, -0.2) is 26.5 Å². The summed E-state index contributed by atoms with van der Waals surface area (Å²) in [6.07, 6.45) is 0. The van der Waals surface area contributed by atoms with Crippen LogP contribution in [0, 0.1) is 0 Å². The molecule has 0 unspecified atom stereocenters. The number of aromatic nitrogens is 3. The summed E-state index contributed by atoms with van der Waals surface area (Å²) in [4.78, 5) is 12.0. The van der Waals surface area contributed by atoms with Crippen molar-refractivity contribution in [1.29, 1.82) is 0 Å². The number of nitrogen functional groups attached to an aromatic ring is 1. The quantitative estimate of drug-likeness (QED) is 0.483. The molecule has 3 rings (SSSR count). The maximum Gasteiger partial charge on any atom is 0.230 e. The zero-order chi connectivity index (χ0) is 18.5. The lowest BCUT2D eigenvalue weighted by Crippen LogP contribution is -2.25. The van der Waals surface area contributed by atoms with Crippen molar-refractivity contribution >= 4 is 40.9 Å². The zero-order valence-corrected chi connectivity index (χ0v) is 15.9. The van der Waals surface area contributed by atoms with Crippen molar-refractivity contribution in [1.82, 2.24) is 20.2 Å². The first-order valence-electron chi connectivity index (χ1n) is 7.64. The minimum atomic E-state index is -0.118. The van der Waals surface area contributed by atoms with Gasteiger partial charge in [0.2, 0.25) is 11.1 Å². The van der Waals surface area contributed by atoms with Crippen LogP contribution in [0.1, 0.15) is 5.56 Å². The first kappa shape index (κ1) is 18.6. The Bertz CT molecular complexity index is 917. The number of hydrogen-bond donors (Lipinski definition) is 2. The number of benzene rings is 2. The van der Waals surface area contributed by atoms with Gasteiger partial charge in [-0.05, 0) is 23.8 Å². The molecule has 26 heavy (non-hydrogen) atoms. The topological polar surface area (TPSA) is 85.8 Å². The van der Waals surface area contributed by atoms with Crippen LogP contribution in [-0.2, 0) is 11.3 Å². The van der Waals surface area contributed by atoms with Gasteiger partial charge in [-0.15, -0.1) is 10.2 Å². The molecule has 9 heteroatoms. The summed E-state index contributed by atoms with van der Waals surface area (Å²) in [6.45, 7) is 0.473. The van der Waals surface area contributed by atoms with E-state index >= 15 is 0 Å². The molecule has 1 aromatic heterocycles. The Kier molecular flexibility index (Phi) is 6.03. The minimum Gasteiger partial charge on any atom is -0.351 e. The second-order valence-corrected chi connectivity index (χ2v) is 7.14. The van der Waals surface area contributed by atoms with Crippen LogP contribution >= 0.6 is 35.0 Å². The van der Waals surface area contributed by atoms with Gasteiger partial charge in [-0.25, -0.2) is 4.68 Å². The molecule has 2 aromatic carbocycles. The van der Waals surface area contributed by atoms with Crippen molar-refractivity contribution in [2.45, 2.75) is 11.7 Å². The Morgan fingerprint density at radius 1 is 1.15 bits per heavy atom. The number of nitrogens with one attached hydrogen (secondary N) is 1. The lowest BCUT2D eigenvalue weighted by Gasteiger charge is -2.06. The summed E-state index contributed by atoms with van der Waals surface area (Å²) in [5, 5.41) is 12.3. The van der Waals surface area contributed by atoms with E-state index in [1.54, 1.807) is 18.2 Å². The largest absolute Gasteiger partial charge is 0.351 e. The molecule has 0 spiro atoms. The highest BCUT2D eigenvalue weighted by Gasteiger charge is 2.16. The average Bonchev–Trinajstić information content (AvgIpc) is 3.00. The maximum absolute atomic E-state index is 12.0. The van der Waals surface area contributed by atoms with Crippen molar-refractivity contribution in [2.75, 3.05) is 11.6 Å². The van der Waals surface area contributed by atoms with Crippen LogP contribution in [0.15, 0.2) is 53.7 Å². The van der Waals surface area contributed by atoms with Crippen LogP contribution in [0.25, 0.3) is 11.4 Å². The Balaban J connectivity index is 1.61. The molecular formula is C17H15Cl2N5OS. The second-order valence-electron chi connectivity index (χ2n) is 5.35. The van der Waals surface area contributed by atoms with Crippen molar-refractivity contribution < 1.29 is 4.79 Å². The normalized spacial score (nSPS) is 10.7. The molecule has 0 aliphatic carbocycles. The number of carbonyl (C=O) groups excluding carboxylic acids is 1. The Labute approximate surface area is 164 Å². The molecule has 6 nitrogen and oxygen atoms in total. The molecule has 1 heterocycles. The molecule has 0 aliphatic rings. The number of amides is 1. The first-order chi connectivity index (χ1) is 12.5. The van der Waals surface area contributed by atoms with Crippen molar-refractivity contribution in [3.8, 4) is 11.4 Å². The SMILES string of the molecule is Nn1c(SCC(=O)NCc2ccccc2)nnc1-c1ccc(Cl)cc1Cl. The van der Waals surface area contributed by atoms with Gasteiger partial charge < -0.3 is 11.2 Å². The summed E-state index contributed by atoms with van der Waals surface area (Å²) < 4.78 is 1.31. The van der Waals surface area contributed by atoms with Crippen molar-refractivity contribution in [2.24, 2.45) is 0 Å². The highest BCUT2D eigenvalue weighted by molar-refractivity contribution is 7.99. The van der Waals surface area contributed by atoms with Crippen LogP contribution in [0.3, 0.4) is 0 Å². The van der Waals surface area contributed by atoms with Gasteiger partial charge in [0.25, 0.3) is 0 Å². The number of halogens is 2. The molecule has 3 aromatic rings. The molecule has 0 fully saturated rings. The van der Waals surface area contributed by atoms with Crippen molar-refractivity contribution in [3.63, 3.8) is 0 Å². The fraction of sp³-hybridized carbons (Fsp3) is 0.118. The summed E-state index contributed by atoms with van der Waals surface area (Å²) in [7, 11) is 0. The predicted molar refractivity (Wildman–Crippen MR) is 105 cm³/mol. The number of carbonyl (C=O) groups is 1. The third kappa shape index (κ3) is 4.49. The average molecular weight is 408 g/mol. The molecule has 0 saturated heterocycles. The van der Waals surface area contributed by atoms with E-state index in [0.29, 0.717) is 33.1 Å². The maximum atomic E-state index is 12.0. The summed E-state index contributed by atoms with van der Waals surface area (Å²) in [5.41, 5.74) is 1.65. The van der Waals surface area contributed by atoms with Gasteiger partial charge in [0.1, 0.15) is 0 Å². The summed E-state index contributed by atoms with van der Waals surface area (Å²) in [6, 6.07) is 14.7. The number of hydrogen-bond acceptors (Lipinski definition) is 5. The fourth-order valence-electron chi connectivity index (χ4n) is 2.21. The third-order valence-corrected chi connectivity index (χ3v) is 4.99. The van der Waals surface area contributed by atoms with Gasteiger partial charge in [0.05, 0.1) is 10.8 Å². The van der Waals surface area contributed by atoms with E-state index in [-0.39, 0.29) is 11.7 Å². The van der Waals surface area contributed by atoms with Gasteiger partial charge in [0, 0.05) is 17.1 Å². The van der Waals surface area contributed by atoms with E-state index in [0.717, 1.165) is 5.56 Å². The predicted octanol–water partition coefficient (Wildman–Crippen LogP) is 3.37. The smallest absolute Gasteiger partial charge is 0.230 e. The summed E-state index contributed by atoms with van der Waals surface area (Å²) >= 11 is 13.3. The lowest BCUT2D eigenvalue weighted by molar-refractivity contribution is -0.118. The standard InChI is InChI=1S/C17H15Cl2N5OS/c18-12-6-7-13(14(19)8-12)16-22-23-17(24(16)20)26-10-15(25)21-9-11-4-2-1-3-5-11/h1-8H,9-10,20H2,(H,21,25). The minimum absolute atomic E-state index is 0.118. The van der Waals surface area contributed by atoms with E-state index < -0.39 is 0 Å². The van der Waals surface area contributed by atoms with E-state index in [4.69, 9.17) is 29.0 Å². The molecule has 0 atom stereocenters. The number of rotatable bonds is 6. The Morgan fingerprint density at radius 2 is 1.92 bits per heavy atom. The van der Waals surface area contributed by atoms with Gasteiger partial charge >= 0.3 is 0 Å². The van der Waals surface area contributed by atoms with Gasteiger partial charge in [0.15, 0.2) is 5.82 Å². The van der Waals surface area contributed by atoms with E-state index in [1.807, 2.05) is 30.3 Å². The molecule has 1 amide bonds. The highest BCUT2D eigenvalue weighted by atomic mass is 35.5. The van der Waals surface area contributed by atoms with E-state index in [1.165, 1.54) is 16.4 Å². The fourth-order valence-corrected chi connectivity index (χ4v) is 3.39. The zero-order valence-electron chi connectivity index (χ0n) is 13.5. The van der Waals surface area contributed by atoms with Gasteiger partial charge in [-0.3, -0.25) is 4.79 Å². The highest BCUT2D eigenvalue weighted by Crippen LogP contribution is 2.30. The monoisotopic (exact) mass is 407 g/mol. The molecule has 3 N–H and O–H groups in total. The van der Waals surface area contributed by atoms with Crippen LogP contribution in [0.5, 0.6) is 0 Å². The lowest BCUT2D eigenvalue weighted by atomic mass is 10.2. The number of nitrogens with two attached hydrogens (primary N) is 1. The molecule has 0 saturated carbocycles. The van der Waals surface area contributed by atoms with Crippen LogP contribution in [0.4, 0.5) is 0 Å². The van der Waals surface area contributed by atoms with Crippen molar-refractivity contribution in [3.05, 3.63) is 64.1 Å². The molecule has 134 valence electrons. The van der Waals surface area contributed by atoms with E-state index in [2.05, 4.69) is 15.5 Å². The molecule has 0 aliphatic heterocycles. The third-order valence-electron chi connectivity index (χ3n) is 3.50. The number of nitrogens with zero attached hydrogens (tertiary/aromatic N) is 3. The Hall–Kier alpha value is -2.22. The van der Waals surface area contributed by atoms with Crippen LogP contribution in [0.2, 0.25) is 10.0 Å². The molecular weight excluding hydrogens is 393 g/mol. The van der Waals surface area contributed by atoms with Gasteiger partial charge in [-0.1, -0.05) is 65.3 Å². The second kappa shape index (κ2) is 8.44. The molecule has 0 radical (unpaired) electrons. The number of thioether (sulfide) groups is 1.